The topological polar surface area (TPSA) is 54.7 Å². The zero-order chi connectivity index (χ0) is 20.3. The van der Waals surface area contributed by atoms with Crippen molar-refractivity contribution >= 4 is 38.5 Å². The van der Waals surface area contributed by atoms with E-state index in [1.807, 2.05) is 49.5 Å². The molecule has 1 aromatic heterocycles. The second kappa shape index (κ2) is 8.69. The van der Waals surface area contributed by atoms with E-state index >= 15 is 0 Å². The highest BCUT2D eigenvalue weighted by molar-refractivity contribution is 9.10. The molecule has 0 unspecified atom stereocenters. The number of nitrogens with zero attached hydrogens (tertiary/aromatic N) is 2. The van der Waals surface area contributed by atoms with Crippen LogP contribution in [0.4, 0.5) is 5.69 Å². The molecule has 6 heteroatoms. The Balaban J connectivity index is 2.20. The van der Waals surface area contributed by atoms with Gasteiger partial charge in [0.2, 0.25) is 0 Å². The van der Waals surface area contributed by atoms with Gasteiger partial charge in [0, 0.05) is 24.7 Å². The Morgan fingerprint density at radius 3 is 2.57 bits per heavy atom. The van der Waals surface area contributed by atoms with Crippen LogP contribution in [0.5, 0.6) is 5.75 Å². The number of aryl methyl sites for hydroxylation is 1. The Bertz CT molecular complexity index is 983. The number of methoxy groups -OCH3 is 1. The number of carboxylic acid groups (broad SMARTS) is 1. The number of hydrogen-bond donors (Lipinski definition) is 1. The quantitative estimate of drug-likeness (QED) is 0.494. The molecular formula is C22H25BrN2O3. The van der Waals surface area contributed by atoms with E-state index in [1.165, 1.54) is 0 Å². The van der Waals surface area contributed by atoms with Gasteiger partial charge < -0.3 is 19.3 Å². The molecule has 1 N–H and O–H groups in total. The molecule has 148 valence electrons. The molecule has 3 rings (SSSR count). The van der Waals surface area contributed by atoms with E-state index in [2.05, 4.69) is 32.3 Å². The Hall–Kier alpha value is -2.47. The van der Waals surface area contributed by atoms with Crippen LogP contribution in [0.1, 0.15) is 35.8 Å². The summed E-state index contributed by atoms with van der Waals surface area (Å²) in [7, 11) is 3.57. The first-order valence-electron chi connectivity index (χ1n) is 9.36. The summed E-state index contributed by atoms with van der Waals surface area (Å²) in [5.41, 5.74) is 3.11. The molecule has 5 nitrogen and oxygen atoms in total. The van der Waals surface area contributed by atoms with Gasteiger partial charge in [-0.15, -0.1) is 0 Å². The van der Waals surface area contributed by atoms with Gasteiger partial charge in [0.1, 0.15) is 5.75 Å². The third-order valence-corrected chi connectivity index (χ3v) is 5.60. The standard InChI is InChI=1S/C22H25BrN2O3/c1-4-5-11-25-18-13-17(23)20(28-3)12-16(18)21(22(26)27)19(25)14-24(2)15-9-7-6-8-10-15/h6-10,12-13H,4-5,11,14H2,1-3H3,(H,26,27). The molecule has 0 radical (unpaired) electrons. The SMILES string of the molecule is CCCCn1c(CN(C)c2ccccc2)c(C(=O)O)c2cc(OC)c(Br)cc21. The molecule has 2 aromatic carbocycles. The molecule has 0 aliphatic carbocycles. The third kappa shape index (κ3) is 3.87. The van der Waals surface area contributed by atoms with Crippen LogP contribution in [-0.2, 0) is 13.1 Å². The van der Waals surface area contributed by atoms with E-state index in [9.17, 15) is 9.90 Å². The van der Waals surface area contributed by atoms with Crippen LogP contribution in [-0.4, -0.2) is 29.8 Å². The second-order valence-electron chi connectivity index (χ2n) is 6.83. The predicted molar refractivity (Wildman–Crippen MR) is 117 cm³/mol. The third-order valence-electron chi connectivity index (χ3n) is 4.98. The number of anilines is 1. The number of aromatic nitrogens is 1. The number of unbranched alkanes of at least 4 members (excludes halogenated alkanes) is 1. The number of aromatic carboxylic acids is 1. The summed E-state index contributed by atoms with van der Waals surface area (Å²) in [6, 6.07) is 13.8. The largest absolute Gasteiger partial charge is 0.496 e. The van der Waals surface area contributed by atoms with Crippen LogP contribution < -0.4 is 9.64 Å². The van der Waals surface area contributed by atoms with E-state index in [0.717, 1.165) is 40.8 Å². The summed E-state index contributed by atoms with van der Waals surface area (Å²) in [6.45, 7) is 3.42. The first kappa shape index (κ1) is 20.3. The highest BCUT2D eigenvalue weighted by Gasteiger charge is 2.24. The number of carboxylic acids is 1. The summed E-state index contributed by atoms with van der Waals surface area (Å²) in [5, 5.41) is 10.7. The molecule has 28 heavy (non-hydrogen) atoms. The van der Waals surface area contributed by atoms with Gasteiger partial charge in [0.05, 0.1) is 34.9 Å². The average molecular weight is 445 g/mol. The molecule has 0 saturated carbocycles. The van der Waals surface area contributed by atoms with E-state index in [-0.39, 0.29) is 0 Å². The van der Waals surface area contributed by atoms with Crippen molar-refractivity contribution in [3.05, 3.63) is 58.2 Å². The molecule has 0 bridgehead atoms. The first-order valence-corrected chi connectivity index (χ1v) is 10.1. The fraction of sp³-hybridized carbons (Fsp3) is 0.318. The number of benzene rings is 2. The molecule has 1 heterocycles. The van der Waals surface area contributed by atoms with Crippen molar-refractivity contribution in [2.24, 2.45) is 0 Å². The monoisotopic (exact) mass is 444 g/mol. The number of halogens is 1. The summed E-state index contributed by atoms with van der Waals surface area (Å²) < 4.78 is 8.37. The Kier molecular flexibility index (Phi) is 6.29. The van der Waals surface area contributed by atoms with Crippen LogP contribution in [0.25, 0.3) is 10.9 Å². The Labute approximate surface area is 173 Å². The number of hydrogen-bond acceptors (Lipinski definition) is 3. The van der Waals surface area contributed by atoms with E-state index < -0.39 is 5.97 Å². The Morgan fingerprint density at radius 2 is 1.96 bits per heavy atom. The minimum absolute atomic E-state index is 0.347. The summed E-state index contributed by atoms with van der Waals surface area (Å²) in [5.74, 6) is -0.285. The fourth-order valence-electron chi connectivity index (χ4n) is 3.53. The molecule has 0 spiro atoms. The lowest BCUT2D eigenvalue weighted by molar-refractivity contribution is 0.0697. The van der Waals surface area contributed by atoms with Gasteiger partial charge >= 0.3 is 5.97 Å². The van der Waals surface area contributed by atoms with Crippen molar-refractivity contribution in [3.8, 4) is 5.75 Å². The molecule has 0 amide bonds. The van der Waals surface area contributed by atoms with Gasteiger partial charge in [0.15, 0.2) is 0 Å². The van der Waals surface area contributed by atoms with Crippen LogP contribution in [0.3, 0.4) is 0 Å². The number of fused-ring (bicyclic) bond motifs is 1. The Morgan fingerprint density at radius 1 is 1.25 bits per heavy atom. The molecule has 0 fully saturated rings. The van der Waals surface area contributed by atoms with Gasteiger partial charge in [0.25, 0.3) is 0 Å². The minimum atomic E-state index is -0.916. The molecule has 3 aromatic rings. The first-order chi connectivity index (χ1) is 13.5. The smallest absolute Gasteiger partial charge is 0.338 e. The maximum atomic E-state index is 12.2. The van der Waals surface area contributed by atoms with Gasteiger partial charge in [-0.05, 0) is 46.6 Å². The maximum Gasteiger partial charge on any atom is 0.338 e. The van der Waals surface area contributed by atoms with E-state index in [4.69, 9.17) is 4.74 Å². The predicted octanol–water partition coefficient (Wildman–Crippen LogP) is 5.55. The fourth-order valence-corrected chi connectivity index (χ4v) is 4.02. The van der Waals surface area contributed by atoms with Gasteiger partial charge in [-0.2, -0.15) is 0 Å². The zero-order valence-corrected chi connectivity index (χ0v) is 18.0. The van der Waals surface area contributed by atoms with Gasteiger partial charge in [-0.1, -0.05) is 31.5 Å². The summed E-state index contributed by atoms with van der Waals surface area (Å²) in [4.78, 5) is 14.3. The van der Waals surface area contributed by atoms with Crippen molar-refractivity contribution in [1.29, 1.82) is 0 Å². The van der Waals surface area contributed by atoms with Crippen LogP contribution in [0, 0.1) is 0 Å². The number of ether oxygens (including phenoxy) is 1. The number of carbonyl (C=O) groups is 1. The lowest BCUT2D eigenvalue weighted by Crippen LogP contribution is -2.21. The van der Waals surface area contributed by atoms with Crippen LogP contribution in [0.15, 0.2) is 46.9 Å². The minimum Gasteiger partial charge on any atom is -0.496 e. The second-order valence-corrected chi connectivity index (χ2v) is 7.68. The lowest BCUT2D eigenvalue weighted by Gasteiger charge is -2.21. The average Bonchev–Trinajstić information content (AvgIpc) is 2.98. The normalized spacial score (nSPS) is 11.0. The summed E-state index contributed by atoms with van der Waals surface area (Å²) in [6.07, 6.45) is 2.02. The van der Waals surface area contributed by atoms with Crippen molar-refractivity contribution in [2.75, 3.05) is 19.1 Å². The number of rotatable bonds is 8. The highest BCUT2D eigenvalue weighted by atomic mass is 79.9. The van der Waals surface area contributed by atoms with E-state index in [1.54, 1.807) is 7.11 Å². The summed E-state index contributed by atoms with van der Waals surface area (Å²) >= 11 is 3.54. The van der Waals surface area contributed by atoms with Crippen molar-refractivity contribution in [3.63, 3.8) is 0 Å². The lowest BCUT2D eigenvalue weighted by atomic mass is 10.1. The molecule has 0 aliphatic rings. The zero-order valence-electron chi connectivity index (χ0n) is 16.4. The number of para-hydroxylation sites is 1. The van der Waals surface area contributed by atoms with E-state index in [0.29, 0.717) is 23.2 Å². The van der Waals surface area contributed by atoms with Crippen molar-refractivity contribution < 1.29 is 14.6 Å². The van der Waals surface area contributed by atoms with Crippen molar-refractivity contribution in [2.45, 2.75) is 32.9 Å². The molecule has 0 aliphatic heterocycles. The van der Waals surface area contributed by atoms with Crippen molar-refractivity contribution in [1.82, 2.24) is 4.57 Å². The van der Waals surface area contributed by atoms with Crippen LogP contribution >= 0.6 is 15.9 Å². The molecular weight excluding hydrogens is 420 g/mol. The van der Waals surface area contributed by atoms with Gasteiger partial charge in [-0.3, -0.25) is 0 Å². The van der Waals surface area contributed by atoms with Gasteiger partial charge in [-0.25, -0.2) is 4.79 Å². The molecule has 0 atom stereocenters. The highest BCUT2D eigenvalue weighted by Crippen LogP contribution is 2.36. The molecule has 0 saturated heterocycles. The maximum absolute atomic E-state index is 12.2. The van der Waals surface area contributed by atoms with Crippen LogP contribution in [0.2, 0.25) is 0 Å².